The van der Waals surface area contributed by atoms with Crippen molar-refractivity contribution < 1.29 is 14.3 Å². The van der Waals surface area contributed by atoms with Crippen LogP contribution in [0.25, 0.3) is 0 Å². The highest BCUT2D eigenvalue weighted by atomic mass is 127. The molecule has 1 spiro atoms. The highest BCUT2D eigenvalue weighted by molar-refractivity contribution is 14.1. The van der Waals surface area contributed by atoms with Crippen LogP contribution >= 0.6 is 22.6 Å². The zero-order valence-corrected chi connectivity index (χ0v) is 10.3. The van der Waals surface area contributed by atoms with Gasteiger partial charge in [0.05, 0.1) is 5.41 Å². The Balaban J connectivity index is 2.06. The van der Waals surface area contributed by atoms with E-state index in [2.05, 4.69) is 22.6 Å². The minimum Gasteiger partial charge on any atom is -0.461 e. The van der Waals surface area contributed by atoms with Crippen molar-refractivity contribution in [2.24, 2.45) is 11.3 Å². The van der Waals surface area contributed by atoms with Gasteiger partial charge in [0.15, 0.2) is 5.78 Å². The number of carbonyl (C=O) groups is 2. The molecule has 1 saturated carbocycles. The molecule has 3 aliphatic rings. The maximum atomic E-state index is 11.9. The molecule has 2 aliphatic carbocycles. The first-order chi connectivity index (χ1) is 7.12. The van der Waals surface area contributed by atoms with Crippen molar-refractivity contribution >= 4 is 34.3 Å². The van der Waals surface area contributed by atoms with Gasteiger partial charge in [-0.05, 0) is 18.4 Å². The molecule has 0 aromatic carbocycles. The minimum absolute atomic E-state index is 0.0622. The third kappa shape index (κ3) is 1.23. The summed E-state index contributed by atoms with van der Waals surface area (Å²) in [4.78, 5) is 23.2. The molecule has 4 heteroatoms. The molecular weight excluding hydrogens is 307 g/mol. The molecule has 2 fully saturated rings. The monoisotopic (exact) mass is 318 g/mol. The van der Waals surface area contributed by atoms with Crippen LogP contribution in [-0.4, -0.2) is 21.8 Å². The molecule has 3 rings (SSSR count). The first-order valence-electron chi connectivity index (χ1n) is 5.19. The molecule has 0 aromatic rings. The topological polar surface area (TPSA) is 43.4 Å². The number of hydrogen-bond donors (Lipinski definition) is 0. The van der Waals surface area contributed by atoms with E-state index >= 15 is 0 Å². The molecule has 3 nitrogen and oxygen atoms in total. The Kier molecular flexibility index (Phi) is 2.00. The molecule has 0 aromatic heterocycles. The normalized spacial score (nSPS) is 47.7. The van der Waals surface area contributed by atoms with Gasteiger partial charge in [0.1, 0.15) is 6.10 Å². The number of fused-ring (bicyclic) bond motifs is 1. The van der Waals surface area contributed by atoms with Crippen LogP contribution in [0.15, 0.2) is 12.2 Å². The predicted molar refractivity (Wildman–Crippen MR) is 61.6 cm³/mol. The molecule has 1 saturated heterocycles. The van der Waals surface area contributed by atoms with Crippen molar-refractivity contribution in [2.45, 2.75) is 29.3 Å². The van der Waals surface area contributed by atoms with E-state index in [0.717, 1.165) is 12.8 Å². The molecule has 2 bridgehead atoms. The summed E-state index contributed by atoms with van der Waals surface area (Å²) < 4.78 is 5.75. The number of alkyl halides is 1. The average molecular weight is 318 g/mol. The fourth-order valence-electron chi connectivity index (χ4n) is 2.96. The number of halogens is 1. The summed E-state index contributed by atoms with van der Waals surface area (Å²) in [5.41, 5.74) is -0.458. The summed E-state index contributed by atoms with van der Waals surface area (Å²) in [6.07, 6.45) is 5.63. The van der Waals surface area contributed by atoms with Crippen LogP contribution in [-0.2, 0) is 14.3 Å². The van der Waals surface area contributed by atoms with Gasteiger partial charge in [-0.15, -0.1) is 0 Å². The minimum atomic E-state index is -0.458. The van der Waals surface area contributed by atoms with Crippen LogP contribution in [0.1, 0.15) is 19.3 Å². The standard InChI is InChI=1S/C11H11IO3/c12-8-4-6-3-7(13)1-2-11(6)5-9(8)15-10(11)14/h1-2,6,8-9H,3-5H2/t6-,8+,9+,11-/m1/s1. The van der Waals surface area contributed by atoms with Crippen molar-refractivity contribution in [2.75, 3.05) is 0 Å². The number of hydrogen-bond acceptors (Lipinski definition) is 3. The molecule has 0 unspecified atom stereocenters. The summed E-state index contributed by atoms with van der Waals surface area (Å²) in [6.45, 7) is 0. The highest BCUT2D eigenvalue weighted by Gasteiger charge is 2.59. The van der Waals surface area contributed by atoms with Gasteiger partial charge >= 0.3 is 5.97 Å². The molecule has 0 radical (unpaired) electrons. The predicted octanol–water partition coefficient (Wildman–Crippen LogP) is 1.64. The van der Waals surface area contributed by atoms with Gasteiger partial charge in [0.2, 0.25) is 0 Å². The van der Waals surface area contributed by atoms with Crippen LogP contribution in [0.4, 0.5) is 0 Å². The first-order valence-corrected chi connectivity index (χ1v) is 6.43. The van der Waals surface area contributed by atoms with E-state index < -0.39 is 5.41 Å². The second-order valence-electron chi connectivity index (χ2n) is 4.64. The number of carbonyl (C=O) groups excluding carboxylic acids is 2. The Morgan fingerprint density at radius 2 is 2.27 bits per heavy atom. The largest absolute Gasteiger partial charge is 0.461 e. The number of ether oxygens (including phenoxy) is 1. The average Bonchev–Trinajstić information content (AvgIpc) is 2.47. The third-order valence-electron chi connectivity index (χ3n) is 3.83. The van der Waals surface area contributed by atoms with E-state index in [1.165, 1.54) is 0 Å². The smallest absolute Gasteiger partial charge is 0.316 e. The van der Waals surface area contributed by atoms with E-state index in [1.54, 1.807) is 12.2 Å². The lowest BCUT2D eigenvalue weighted by atomic mass is 9.63. The van der Waals surface area contributed by atoms with E-state index in [1.807, 2.05) is 0 Å². The zero-order valence-electron chi connectivity index (χ0n) is 8.11. The molecule has 1 aliphatic heterocycles. The van der Waals surface area contributed by atoms with Crippen LogP contribution in [0.5, 0.6) is 0 Å². The van der Waals surface area contributed by atoms with E-state index in [0.29, 0.717) is 10.3 Å². The lowest BCUT2D eigenvalue weighted by Crippen LogP contribution is -2.42. The van der Waals surface area contributed by atoms with Gasteiger partial charge in [-0.1, -0.05) is 28.7 Å². The molecule has 0 amide bonds. The Morgan fingerprint density at radius 3 is 3.07 bits per heavy atom. The van der Waals surface area contributed by atoms with Gasteiger partial charge in [0, 0.05) is 16.8 Å². The Hall–Kier alpha value is -0.390. The summed E-state index contributed by atoms with van der Waals surface area (Å²) >= 11 is 2.34. The van der Waals surface area contributed by atoms with Crippen LogP contribution in [0.3, 0.4) is 0 Å². The second kappa shape index (κ2) is 3.06. The van der Waals surface area contributed by atoms with Crippen molar-refractivity contribution in [3.05, 3.63) is 12.2 Å². The van der Waals surface area contributed by atoms with Gasteiger partial charge in [-0.2, -0.15) is 0 Å². The van der Waals surface area contributed by atoms with Gasteiger partial charge in [-0.3, -0.25) is 9.59 Å². The fourth-order valence-corrected chi connectivity index (χ4v) is 3.98. The first kappa shape index (κ1) is 9.81. The Bertz CT molecular complexity index is 376. The van der Waals surface area contributed by atoms with E-state index in [4.69, 9.17) is 4.74 Å². The lowest BCUT2D eigenvalue weighted by Gasteiger charge is -2.38. The summed E-state index contributed by atoms with van der Waals surface area (Å²) in [6, 6.07) is 0. The van der Waals surface area contributed by atoms with Crippen molar-refractivity contribution in [1.82, 2.24) is 0 Å². The summed E-state index contributed by atoms with van der Waals surface area (Å²) in [7, 11) is 0. The number of ketones is 1. The lowest BCUT2D eigenvalue weighted by molar-refractivity contribution is -0.147. The van der Waals surface area contributed by atoms with Crippen LogP contribution in [0.2, 0.25) is 0 Å². The second-order valence-corrected chi connectivity index (χ2v) is 6.24. The van der Waals surface area contributed by atoms with Gasteiger partial charge in [0.25, 0.3) is 0 Å². The van der Waals surface area contributed by atoms with Crippen LogP contribution < -0.4 is 0 Å². The molecule has 80 valence electrons. The summed E-state index contributed by atoms with van der Waals surface area (Å²) in [5.74, 6) is 0.205. The Labute approximate surface area is 101 Å². The molecule has 4 atom stereocenters. The molecule has 15 heavy (non-hydrogen) atoms. The van der Waals surface area contributed by atoms with Crippen molar-refractivity contribution in [3.63, 3.8) is 0 Å². The molecule has 0 N–H and O–H groups in total. The SMILES string of the molecule is O=C1C=C[C@]23C[C@H](OC2=O)[C@@H](I)C[C@H]3C1. The number of allylic oxidation sites excluding steroid dienone is 1. The third-order valence-corrected chi connectivity index (χ3v) is 5.14. The van der Waals surface area contributed by atoms with Gasteiger partial charge < -0.3 is 4.74 Å². The molecule has 1 heterocycles. The van der Waals surface area contributed by atoms with Crippen molar-refractivity contribution in [3.8, 4) is 0 Å². The van der Waals surface area contributed by atoms with Crippen molar-refractivity contribution in [1.29, 1.82) is 0 Å². The zero-order chi connectivity index (χ0) is 10.6. The number of esters is 1. The van der Waals surface area contributed by atoms with Crippen LogP contribution in [0, 0.1) is 11.3 Å². The Morgan fingerprint density at radius 1 is 1.47 bits per heavy atom. The highest BCUT2D eigenvalue weighted by Crippen LogP contribution is 2.54. The van der Waals surface area contributed by atoms with E-state index in [9.17, 15) is 9.59 Å². The van der Waals surface area contributed by atoms with Gasteiger partial charge in [-0.25, -0.2) is 0 Å². The van der Waals surface area contributed by atoms with E-state index in [-0.39, 0.29) is 23.8 Å². The quantitative estimate of drug-likeness (QED) is 0.387. The maximum Gasteiger partial charge on any atom is 0.316 e. The fraction of sp³-hybridized carbons (Fsp3) is 0.636. The maximum absolute atomic E-state index is 11.9. The summed E-state index contributed by atoms with van der Waals surface area (Å²) in [5, 5.41) is 0. The number of rotatable bonds is 0. The molecular formula is C11H11IO3.